The summed E-state index contributed by atoms with van der Waals surface area (Å²) >= 11 is 3.60. The standard InChI is InChI=1S/C5H2FI2NO/c6-2-1-3(10)5(8)9-4(2)7/h1,10H. The highest BCUT2D eigenvalue weighted by atomic mass is 127. The largest absolute Gasteiger partial charge is 0.505 e. The maximum atomic E-state index is 12.5. The van der Waals surface area contributed by atoms with Gasteiger partial charge in [0.15, 0.2) is 5.82 Å². The Bertz CT molecular complexity index is 216. The smallest absolute Gasteiger partial charge is 0.158 e. The van der Waals surface area contributed by atoms with Crippen molar-refractivity contribution in [2.45, 2.75) is 0 Å². The SMILES string of the molecule is Oc1cc(F)c(I)nc1I. The van der Waals surface area contributed by atoms with E-state index in [0.717, 1.165) is 6.07 Å². The first kappa shape index (κ1) is 8.44. The van der Waals surface area contributed by atoms with Gasteiger partial charge in [-0.05, 0) is 45.2 Å². The van der Waals surface area contributed by atoms with Gasteiger partial charge in [0, 0.05) is 6.07 Å². The first-order chi connectivity index (χ1) is 4.61. The molecule has 0 amide bonds. The molecule has 1 N–H and O–H groups in total. The molecule has 0 bridgehead atoms. The fourth-order valence-corrected chi connectivity index (χ4v) is 1.69. The van der Waals surface area contributed by atoms with Crippen LogP contribution >= 0.6 is 45.2 Å². The molecular formula is C5H2FI2NO. The molecule has 2 nitrogen and oxygen atoms in total. The number of aromatic nitrogens is 1. The first-order valence-electron chi connectivity index (χ1n) is 2.32. The van der Waals surface area contributed by atoms with Crippen molar-refractivity contribution in [3.63, 3.8) is 0 Å². The van der Waals surface area contributed by atoms with Crippen molar-refractivity contribution in [1.29, 1.82) is 0 Å². The van der Waals surface area contributed by atoms with E-state index in [4.69, 9.17) is 5.11 Å². The first-order valence-corrected chi connectivity index (χ1v) is 4.47. The molecule has 1 aromatic rings. The van der Waals surface area contributed by atoms with E-state index in [1.54, 1.807) is 22.6 Å². The molecule has 54 valence electrons. The molecule has 10 heavy (non-hydrogen) atoms. The summed E-state index contributed by atoms with van der Waals surface area (Å²) in [5, 5.41) is 8.91. The minimum Gasteiger partial charge on any atom is -0.505 e. The summed E-state index contributed by atoms with van der Waals surface area (Å²) in [7, 11) is 0. The average Bonchev–Trinajstić information content (AvgIpc) is 1.84. The van der Waals surface area contributed by atoms with Gasteiger partial charge in [-0.15, -0.1) is 0 Å². The van der Waals surface area contributed by atoms with Crippen molar-refractivity contribution in [1.82, 2.24) is 4.98 Å². The van der Waals surface area contributed by atoms with E-state index in [9.17, 15) is 4.39 Å². The van der Waals surface area contributed by atoms with Gasteiger partial charge in [0.25, 0.3) is 0 Å². The molecule has 0 fully saturated rings. The number of rotatable bonds is 0. The molecule has 1 rings (SSSR count). The summed E-state index contributed by atoms with van der Waals surface area (Å²) in [5.74, 6) is -0.600. The molecule has 0 saturated heterocycles. The monoisotopic (exact) mass is 365 g/mol. The second-order valence-corrected chi connectivity index (χ2v) is 3.61. The molecule has 1 aromatic heterocycles. The summed E-state index contributed by atoms with van der Waals surface area (Å²) in [5.41, 5.74) is 0. The van der Waals surface area contributed by atoms with Gasteiger partial charge in [-0.1, -0.05) is 0 Å². The topological polar surface area (TPSA) is 33.1 Å². The van der Waals surface area contributed by atoms with Crippen LogP contribution in [0.2, 0.25) is 0 Å². The molecule has 0 saturated carbocycles. The number of aromatic hydroxyl groups is 1. The lowest BCUT2D eigenvalue weighted by Gasteiger charge is -1.96. The number of hydrogen-bond donors (Lipinski definition) is 1. The maximum absolute atomic E-state index is 12.5. The molecule has 0 atom stereocenters. The Hall–Kier alpha value is 0.340. The summed E-state index contributed by atoms with van der Waals surface area (Å²) in [4.78, 5) is 3.72. The third kappa shape index (κ3) is 1.68. The quantitative estimate of drug-likeness (QED) is 0.565. The Kier molecular flexibility index (Phi) is 2.67. The summed E-state index contributed by atoms with van der Waals surface area (Å²) < 4.78 is 13.2. The van der Waals surface area contributed by atoms with Crippen LogP contribution in [0.5, 0.6) is 5.75 Å². The number of hydrogen-bond acceptors (Lipinski definition) is 2. The molecule has 0 aromatic carbocycles. The molecule has 5 heteroatoms. The summed E-state index contributed by atoms with van der Waals surface area (Å²) in [6, 6.07) is 1.05. The van der Waals surface area contributed by atoms with Crippen molar-refractivity contribution >= 4 is 45.2 Å². The van der Waals surface area contributed by atoms with E-state index >= 15 is 0 Å². The lowest BCUT2D eigenvalue weighted by atomic mass is 10.4. The van der Waals surface area contributed by atoms with E-state index in [-0.39, 0.29) is 9.45 Å². The van der Waals surface area contributed by atoms with Crippen LogP contribution in [-0.2, 0) is 0 Å². The Labute approximate surface area is 84.1 Å². The van der Waals surface area contributed by atoms with Crippen molar-refractivity contribution in [2.75, 3.05) is 0 Å². The predicted molar refractivity (Wildman–Crippen MR) is 51.3 cm³/mol. The van der Waals surface area contributed by atoms with Crippen LogP contribution < -0.4 is 0 Å². The number of nitrogens with zero attached hydrogens (tertiary/aromatic N) is 1. The predicted octanol–water partition coefficient (Wildman–Crippen LogP) is 2.14. The molecule has 0 radical (unpaired) electrons. The maximum Gasteiger partial charge on any atom is 0.158 e. The Morgan fingerprint density at radius 2 is 2.00 bits per heavy atom. The van der Waals surface area contributed by atoms with Crippen LogP contribution in [0.25, 0.3) is 0 Å². The minimum absolute atomic E-state index is 0.112. The van der Waals surface area contributed by atoms with E-state index in [1.807, 2.05) is 22.6 Å². The molecule has 0 spiro atoms. The number of halogens is 3. The Morgan fingerprint density at radius 3 is 2.50 bits per heavy atom. The zero-order chi connectivity index (χ0) is 7.72. The highest BCUT2D eigenvalue weighted by Gasteiger charge is 2.05. The van der Waals surface area contributed by atoms with Crippen LogP contribution in [0, 0.1) is 13.2 Å². The van der Waals surface area contributed by atoms with E-state index in [1.165, 1.54) is 0 Å². The normalized spacial score (nSPS) is 9.90. The van der Waals surface area contributed by atoms with Crippen molar-refractivity contribution in [3.05, 3.63) is 19.3 Å². The highest BCUT2D eigenvalue weighted by Crippen LogP contribution is 2.20. The summed E-state index contributed by atoms with van der Waals surface area (Å²) in [6.45, 7) is 0. The zero-order valence-corrected chi connectivity index (χ0v) is 8.92. The minimum atomic E-state index is -0.487. The van der Waals surface area contributed by atoms with E-state index in [2.05, 4.69) is 4.98 Å². The average molecular weight is 365 g/mol. The Balaban J connectivity index is 3.28. The van der Waals surface area contributed by atoms with E-state index < -0.39 is 5.82 Å². The third-order valence-electron chi connectivity index (χ3n) is 0.868. The fraction of sp³-hybridized carbons (Fsp3) is 0. The van der Waals surface area contributed by atoms with Crippen molar-refractivity contribution in [2.24, 2.45) is 0 Å². The van der Waals surface area contributed by atoms with Crippen LogP contribution in [0.1, 0.15) is 0 Å². The van der Waals surface area contributed by atoms with E-state index in [0.29, 0.717) is 3.70 Å². The second kappa shape index (κ2) is 3.16. The van der Waals surface area contributed by atoms with Crippen LogP contribution in [0.15, 0.2) is 6.07 Å². The zero-order valence-electron chi connectivity index (χ0n) is 4.61. The van der Waals surface area contributed by atoms with Crippen molar-refractivity contribution in [3.8, 4) is 5.75 Å². The van der Waals surface area contributed by atoms with Gasteiger partial charge in [0.05, 0.1) is 0 Å². The van der Waals surface area contributed by atoms with Crippen LogP contribution in [0.3, 0.4) is 0 Å². The Morgan fingerprint density at radius 1 is 1.40 bits per heavy atom. The fourth-order valence-electron chi connectivity index (χ4n) is 0.436. The second-order valence-electron chi connectivity index (χ2n) is 1.57. The molecular weight excluding hydrogens is 363 g/mol. The molecule has 0 aliphatic heterocycles. The summed E-state index contributed by atoms with van der Waals surface area (Å²) in [6.07, 6.45) is 0. The third-order valence-corrected chi connectivity index (χ3v) is 2.42. The van der Waals surface area contributed by atoms with Gasteiger partial charge < -0.3 is 5.11 Å². The molecule has 0 aliphatic rings. The number of pyridine rings is 1. The van der Waals surface area contributed by atoms with Crippen LogP contribution in [0.4, 0.5) is 4.39 Å². The van der Waals surface area contributed by atoms with Gasteiger partial charge >= 0.3 is 0 Å². The van der Waals surface area contributed by atoms with Crippen LogP contribution in [-0.4, -0.2) is 10.1 Å². The lowest BCUT2D eigenvalue weighted by Crippen LogP contribution is -1.90. The van der Waals surface area contributed by atoms with Gasteiger partial charge in [0.2, 0.25) is 0 Å². The van der Waals surface area contributed by atoms with Gasteiger partial charge in [-0.25, -0.2) is 9.37 Å². The highest BCUT2D eigenvalue weighted by molar-refractivity contribution is 14.1. The van der Waals surface area contributed by atoms with Gasteiger partial charge in [0.1, 0.15) is 13.2 Å². The van der Waals surface area contributed by atoms with Crippen molar-refractivity contribution < 1.29 is 9.50 Å². The molecule has 0 unspecified atom stereocenters. The molecule has 0 aliphatic carbocycles. The van der Waals surface area contributed by atoms with Gasteiger partial charge in [-0.3, -0.25) is 0 Å². The lowest BCUT2D eigenvalue weighted by molar-refractivity contribution is 0.459. The molecule has 1 heterocycles. The van der Waals surface area contributed by atoms with Gasteiger partial charge in [-0.2, -0.15) is 0 Å².